The molecule has 0 atom stereocenters. The van der Waals surface area contributed by atoms with Crippen LogP contribution in [0.2, 0.25) is 0 Å². The van der Waals surface area contributed by atoms with Gasteiger partial charge in [-0.15, -0.1) is 0 Å². The molecular weight excluding hydrogens is 547 g/mol. The molecule has 0 aliphatic heterocycles. The molecule has 214 valence electrons. The van der Waals surface area contributed by atoms with E-state index in [4.69, 9.17) is 0 Å². The number of hydrogen-bond acceptors (Lipinski definition) is 0. The molecule has 0 fully saturated rings. The van der Waals surface area contributed by atoms with Crippen molar-refractivity contribution in [3.05, 3.63) is 145 Å². The molecule has 9 aromatic carbocycles. The van der Waals surface area contributed by atoms with Crippen molar-refractivity contribution < 1.29 is 4.39 Å². The lowest BCUT2D eigenvalue weighted by atomic mass is 9.82. The van der Waals surface area contributed by atoms with Gasteiger partial charge in [0, 0.05) is 0 Å². The summed E-state index contributed by atoms with van der Waals surface area (Å²) in [6, 6.07) is 47.7. The van der Waals surface area contributed by atoms with Gasteiger partial charge in [-0.3, -0.25) is 0 Å². The van der Waals surface area contributed by atoms with Crippen molar-refractivity contribution in [3.63, 3.8) is 0 Å². The quantitative estimate of drug-likeness (QED) is 0.141. The molecule has 0 aliphatic carbocycles. The van der Waals surface area contributed by atoms with Gasteiger partial charge >= 0.3 is 0 Å². The molecule has 0 saturated heterocycles. The summed E-state index contributed by atoms with van der Waals surface area (Å²) >= 11 is 0. The molecule has 0 bridgehead atoms. The van der Waals surface area contributed by atoms with Gasteiger partial charge in [0.25, 0.3) is 0 Å². The zero-order valence-electron chi connectivity index (χ0n) is 25.6. The van der Waals surface area contributed by atoms with Crippen molar-refractivity contribution >= 4 is 64.6 Å². The smallest absolute Gasteiger partial charge is 0.123 e. The van der Waals surface area contributed by atoms with Crippen LogP contribution in [0.25, 0.3) is 86.9 Å². The molecule has 0 N–H and O–H groups in total. The summed E-state index contributed by atoms with van der Waals surface area (Å²) in [5, 5.41) is 14.7. The number of hydrogen-bond donors (Lipinski definition) is 0. The van der Waals surface area contributed by atoms with Crippen LogP contribution in [0, 0.1) is 5.82 Å². The highest BCUT2D eigenvalue weighted by molar-refractivity contribution is 6.26. The Labute approximate surface area is 261 Å². The number of halogens is 1. The first-order valence-corrected chi connectivity index (χ1v) is 15.7. The minimum absolute atomic E-state index is 0.0939. The molecular formula is C44H31F. The van der Waals surface area contributed by atoms with Gasteiger partial charge in [0.1, 0.15) is 5.82 Å². The lowest BCUT2D eigenvalue weighted by Gasteiger charge is -2.22. The predicted molar refractivity (Wildman–Crippen MR) is 192 cm³/mol. The Bertz CT molecular complexity index is 2510. The second kappa shape index (κ2) is 9.36. The second-order valence-corrected chi connectivity index (χ2v) is 13.5. The molecule has 45 heavy (non-hydrogen) atoms. The molecule has 0 aromatic heterocycles. The fourth-order valence-corrected chi connectivity index (χ4v) is 7.54. The fraction of sp³-hybridized carbons (Fsp3) is 0.0909. The summed E-state index contributed by atoms with van der Waals surface area (Å²) in [6.07, 6.45) is 0. The highest BCUT2D eigenvalue weighted by atomic mass is 19.1. The highest BCUT2D eigenvalue weighted by Crippen LogP contribution is 2.46. The standard InChI is InChI=1S/C44H31F/c1-44(2,3)34-23-31-16-14-28-21-33(22-29-15-17-32(24-34)41(31)40(28)29)43-38-10-6-4-8-36(38)42(37-9-5-7-11-39(37)43)30-13-12-27-25-35(45)19-18-26(27)20-30/h4-25H,1-3H3. The average Bonchev–Trinajstić information content (AvgIpc) is 3.05. The molecule has 0 aliphatic rings. The van der Waals surface area contributed by atoms with E-state index in [0.29, 0.717) is 0 Å². The third-order valence-corrected chi connectivity index (χ3v) is 9.71. The maximum Gasteiger partial charge on any atom is 0.123 e. The van der Waals surface area contributed by atoms with E-state index in [2.05, 4.69) is 130 Å². The largest absolute Gasteiger partial charge is 0.207 e. The van der Waals surface area contributed by atoms with Crippen molar-refractivity contribution in [1.29, 1.82) is 0 Å². The Morgan fingerprint density at radius 2 is 0.800 bits per heavy atom. The molecule has 1 heteroatoms. The van der Waals surface area contributed by atoms with Gasteiger partial charge in [-0.05, 0) is 128 Å². The normalized spacial score (nSPS) is 12.4. The van der Waals surface area contributed by atoms with Crippen molar-refractivity contribution in [1.82, 2.24) is 0 Å². The molecule has 0 spiro atoms. The molecule has 9 rings (SSSR count). The van der Waals surface area contributed by atoms with Crippen LogP contribution in [0.1, 0.15) is 26.3 Å². The maximum absolute atomic E-state index is 14.0. The lowest BCUT2D eigenvalue weighted by molar-refractivity contribution is 0.591. The van der Waals surface area contributed by atoms with Crippen LogP contribution in [0.4, 0.5) is 4.39 Å². The summed E-state index contributed by atoms with van der Waals surface area (Å²) < 4.78 is 14.0. The van der Waals surface area contributed by atoms with Crippen LogP contribution in [0.3, 0.4) is 0 Å². The first-order chi connectivity index (χ1) is 21.8. The Kier molecular flexibility index (Phi) is 5.44. The van der Waals surface area contributed by atoms with Gasteiger partial charge < -0.3 is 0 Å². The minimum Gasteiger partial charge on any atom is -0.207 e. The zero-order chi connectivity index (χ0) is 30.4. The van der Waals surface area contributed by atoms with Crippen LogP contribution in [0.5, 0.6) is 0 Å². The molecule has 0 heterocycles. The van der Waals surface area contributed by atoms with E-state index in [0.717, 1.165) is 16.3 Å². The van der Waals surface area contributed by atoms with E-state index in [1.54, 1.807) is 12.1 Å². The average molecular weight is 579 g/mol. The minimum atomic E-state index is -0.210. The van der Waals surface area contributed by atoms with Crippen LogP contribution < -0.4 is 0 Å². The van der Waals surface area contributed by atoms with Crippen LogP contribution in [-0.2, 0) is 5.41 Å². The number of rotatable bonds is 2. The maximum atomic E-state index is 14.0. The van der Waals surface area contributed by atoms with Crippen molar-refractivity contribution in [2.75, 3.05) is 0 Å². The van der Waals surface area contributed by atoms with E-state index < -0.39 is 0 Å². The Morgan fingerprint density at radius 3 is 1.31 bits per heavy atom. The monoisotopic (exact) mass is 578 g/mol. The van der Waals surface area contributed by atoms with Gasteiger partial charge in [0.15, 0.2) is 0 Å². The summed E-state index contributed by atoms with van der Waals surface area (Å²) in [7, 11) is 0. The van der Waals surface area contributed by atoms with Crippen molar-refractivity contribution in [3.8, 4) is 22.3 Å². The van der Waals surface area contributed by atoms with Gasteiger partial charge in [0.05, 0.1) is 0 Å². The predicted octanol–water partition coefficient (Wildman–Crippen LogP) is 12.8. The van der Waals surface area contributed by atoms with Gasteiger partial charge in [-0.25, -0.2) is 4.39 Å². The van der Waals surface area contributed by atoms with Gasteiger partial charge in [-0.2, -0.15) is 0 Å². The van der Waals surface area contributed by atoms with Gasteiger partial charge in [0.2, 0.25) is 0 Å². The summed E-state index contributed by atoms with van der Waals surface area (Å²) in [5.74, 6) is -0.210. The SMILES string of the molecule is CC(C)(C)c1cc2ccc3cc(-c4c5ccccc5c(-c5ccc6cc(F)ccc6c5)c5ccccc45)cc4ccc(c1)c2c34. The van der Waals surface area contributed by atoms with Crippen LogP contribution in [-0.4, -0.2) is 0 Å². The molecule has 0 unspecified atom stereocenters. The topological polar surface area (TPSA) is 0 Å². The summed E-state index contributed by atoms with van der Waals surface area (Å²) in [6.45, 7) is 6.85. The molecule has 0 saturated carbocycles. The summed E-state index contributed by atoms with van der Waals surface area (Å²) in [5.41, 5.74) is 6.29. The van der Waals surface area contributed by atoms with E-state index in [1.165, 1.54) is 76.1 Å². The molecule has 9 aromatic rings. The zero-order valence-corrected chi connectivity index (χ0v) is 25.6. The van der Waals surface area contributed by atoms with Crippen molar-refractivity contribution in [2.24, 2.45) is 0 Å². The van der Waals surface area contributed by atoms with Crippen LogP contribution in [0.15, 0.2) is 133 Å². The third kappa shape index (κ3) is 3.97. The first kappa shape index (κ1) is 26.2. The Morgan fingerprint density at radius 1 is 0.400 bits per heavy atom. The van der Waals surface area contributed by atoms with Crippen molar-refractivity contribution in [2.45, 2.75) is 26.2 Å². The molecule has 0 radical (unpaired) electrons. The molecule has 0 amide bonds. The lowest BCUT2D eigenvalue weighted by Crippen LogP contribution is -2.10. The van der Waals surface area contributed by atoms with E-state index >= 15 is 0 Å². The number of benzene rings is 9. The second-order valence-electron chi connectivity index (χ2n) is 13.5. The van der Waals surface area contributed by atoms with E-state index in [9.17, 15) is 4.39 Å². The van der Waals surface area contributed by atoms with E-state index in [-0.39, 0.29) is 11.2 Å². The Balaban J connectivity index is 1.34. The number of fused-ring (bicyclic) bond motifs is 3. The van der Waals surface area contributed by atoms with Gasteiger partial charge in [-0.1, -0.05) is 124 Å². The highest BCUT2D eigenvalue weighted by Gasteiger charge is 2.20. The molecule has 0 nitrogen and oxygen atoms in total. The Hall–Kier alpha value is -5.27. The third-order valence-electron chi connectivity index (χ3n) is 9.71. The fourth-order valence-electron chi connectivity index (χ4n) is 7.54. The summed E-state index contributed by atoms with van der Waals surface area (Å²) in [4.78, 5) is 0. The van der Waals surface area contributed by atoms with E-state index in [1.807, 2.05) is 12.1 Å². The first-order valence-electron chi connectivity index (χ1n) is 15.7. The van der Waals surface area contributed by atoms with Crippen LogP contribution >= 0.6 is 0 Å².